The Balaban J connectivity index is 2.25. The third kappa shape index (κ3) is 2.07. The summed E-state index contributed by atoms with van der Waals surface area (Å²) in [5.41, 5.74) is 3.80. The molecule has 20 heavy (non-hydrogen) atoms. The molecular weight excluding hydrogens is 248 g/mol. The first-order valence-corrected chi connectivity index (χ1v) is 7.19. The van der Waals surface area contributed by atoms with Gasteiger partial charge in [0.2, 0.25) is 0 Å². The van der Waals surface area contributed by atoms with Gasteiger partial charge >= 0.3 is 0 Å². The van der Waals surface area contributed by atoms with Crippen LogP contribution >= 0.6 is 0 Å². The highest BCUT2D eigenvalue weighted by atomic mass is 16.1. The summed E-state index contributed by atoms with van der Waals surface area (Å²) in [5, 5.41) is 4.78. The van der Waals surface area contributed by atoms with Gasteiger partial charge < -0.3 is 0 Å². The van der Waals surface area contributed by atoms with Crippen molar-refractivity contribution in [2.24, 2.45) is 0 Å². The Hall–Kier alpha value is -1.90. The van der Waals surface area contributed by atoms with Crippen LogP contribution in [0.4, 0.5) is 0 Å². The first-order chi connectivity index (χ1) is 9.48. The number of carbonyl (C=O) groups excluding carboxylic acids is 1. The lowest BCUT2D eigenvalue weighted by Crippen LogP contribution is -2.19. The zero-order chi connectivity index (χ0) is 14.3. The fourth-order valence-corrected chi connectivity index (χ4v) is 2.83. The SMILES string of the molecule is CC(C)(C)c1nn(-c2ccccc2)c2c1C(=O)CCC2. The Morgan fingerprint density at radius 2 is 1.80 bits per heavy atom. The molecule has 0 bridgehead atoms. The maximum Gasteiger partial charge on any atom is 0.166 e. The van der Waals surface area contributed by atoms with Crippen LogP contribution in [0.2, 0.25) is 0 Å². The molecule has 1 aromatic carbocycles. The topological polar surface area (TPSA) is 34.9 Å². The van der Waals surface area contributed by atoms with E-state index in [0.717, 1.165) is 35.5 Å². The minimum absolute atomic E-state index is 0.114. The van der Waals surface area contributed by atoms with Crippen molar-refractivity contribution in [3.63, 3.8) is 0 Å². The van der Waals surface area contributed by atoms with E-state index >= 15 is 0 Å². The molecular formula is C17H20N2O. The third-order valence-corrected chi connectivity index (χ3v) is 3.79. The first kappa shape index (κ1) is 13.1. The van der Waals surface area contributed by atoms with Crippen LogP contribution in [-0.4, -0.2) is 15.6 Å². The molecule has 0 saturated carbocycles. The Bertz CT molecular complexity index is 648. The number of nitrogens with zero attached hydrogens (tertiary/aromatic N) is 2. The lowest BCUT2D eigenvalue weighted by molar-refractivity contribution is 0.0970. The number of hydrogen-bond donors (Lipinski definition) is 0. The summed E-state index contributed by atoms with van der Waals surface area (Å²) in [4.78, 5) is 12.3. The average molecular weight is 268 g/mol. The summed E-state index contributed by atoms with van der Waals surface area (Å²) in [6.07, 6.45) is 2.50. The molecule has 3 heteroatoms. The Morgan fingerprint density at radius 1 is 1.10 bits per heavy atom. The molecule has 0 amide bonds. The lowest BCUT2D eigenvalue weighted by atomic mass is 9.84. The van der Waals surface area contributed by atoms with E-state index in [4.69, 9.17) is 5.10 Å². The molecule has 3 nitrogen and oxygen atoms in total. The summed E-state index contributed by atoms with van der Waals surface area (Å²) in [6, 6.07) is 10.1. The normalized spacial score (nSPS) is 15.2. The van der Waals surface area contributed by atoms with Crippen molar-refractivity contribution < 1.29 is 4.79 Å². The third-order valence-electron chi connectivity index (χ3n) is 3.79. The molecule has 0 saturated heterocycles. The molecule has 0 radical (unpaired) electrons. The van der Waals surface area contributed by atoms with Gasteiger partial charge in [0, 0.05) is 11.8 Å². The molecule has 0 aliphatic heterocycles. The molecule has 1 aliphatic carbocycles. The van der Waals surface area contributed by atoms with Gasteiger partial charge in [-0.3, -0.25) is 4.79 Å². The monoisotopic (exact) mass is 268 g/mol. The predicted molar refractivity (Wildman–Crippen MR) is 79.5 cm³/mol. The zero-order valence-corrected chi connectivity index (χ0v) is 12.3. The van der Waals surface area contributed by atoms with E-state index in [2.05, 4.69) is 20.8 Å². The van der Waals surface area contributed by atoms with Crippen LogP contribution in [0.3, 0.4) is 0 Å². The summed E-state index contributed by atoms with van der Waals surface area (Å²) < 4.78 is 1.97. The van der Waals surface area contributed by atoms with Crippen LogP contribution in [0.25, 0.3) is 5.69 Å². The zero-order valence-electron chi connectivity index (χ0n) is 12.3. The summed E-state index contributed by atoms with van der Waals surface area (Å²) in [6.45, 7) is 6.35. The van der Waals surface area contributed by atoms with Crippen LogP contribution in [-0.2, 0) is 11.8 Å². The van der Waals surface area contributed by atoms with E-state index in [0.29, 0.717) is 6.42 Å². The number of hydrogen-bond acceptors (Lipinski definition) is 2. The number of fused-ring (bicyclic) bond motifs is 1. The quantitative estimate of drug-likeness (QED) is 0.790. The number of rotatable bonds is 1. The molecule has 0 fully saturated rings. The minimum atomic E-state index is -0.114. The highest BCUT2D eigenvalue weighted by Crippen LogP contribution is 2.33. The molecule has 0 N–H and O–H groups in total. The largest absolute Gasteiger partial charge is 0.294 e. The number of benzene rings is 1. The molecule has 0 spiro atoms. The van der Waals surface area contributed by atoms with Crippen molar-refractivity contribution >= 4 is 5.78 Å². The van der Waals surface area contributed by atoms with E-state index < -0.39 is 0 Å². The average Bonchev–Trinajstić information content (AvgIpc) is 2.81. The lowest BCUT2D eigenvalue weighted by Gasteiger charge is -2.18. The molecule has 3 rings (SSSR count). The fraction of sp³-hybridized carbons (Fsp3) is 0.412. The van der Waals surface area contributed by atoms with Gasteiger partial charge in [-0.1, -0.05) is 39.0 Å². The second kappa shape index (κ2) is 4.58. The van der Waals surface area contributed by atoms with Gasteiger partial charge in [0.1, 0.15) is 0 Å². The molecule has 104 valence electrons. The van der Waals surface area contributed by atoms with E-state index in [9.17, 15) is 4.79 Å². The Kier molecular flexibility index (Phi) is 3.00. The molecule has 1 aliphatic rings. The number of aromatic nitrogens is 2. The van der Waals surface area contributed by atoms with Gasteiger partial charge in [-0.05, 0) is 25.0 Å². The summed E-state index contributed by atoms with van der Waals surface area (Å²) in [7, 11) is 0. The Labute approximate surface area is 119 Å². The molecule has 1 aromatic heterocycles. The van der Waals surface area contributed by atoms with Crippen molar-refractivity contribution in [1.82, 2.24) is 9.78 Å². The van der Waals surface area contributed by atoms with Crippen LogP contribution in [0.5, 0.6) is 0 Å². The molecule has 0 atom stereocenters. The van der Waals surface area contributed by atoms with Gasteiger partial charge in [0.25, 0.3) is 0 Å². The van der Waals surface area contributed by atoms with Crippen molar-refractivity contribution in [2.75, 3.05) is 0 Å². The number of ketones is 1. The number of Topliss-reactive ketones (excluding diaryl/α,β-unsaturated/α-hetero) is 1. The molecule has 1 heterocycles. The summed E-state index contributed by atoms with van der Waals surface area (Å²) in [5.74, 6) is 0.248. The predicted octanol–water partition coefficient (Wildman–Crippen LogP) is 3.69. The van der Waals surface area contributed by atoms with Crippen molar-refractivity contribution in [2.45, 2.75) is 45.4 Å². The molecule has 2 aromatic rings. The smallest absolute Gasteiger partial charge is 0.166 e. The second-order valence-corrected chi connectivity index (χ2v) is 6.44. The van der Waals surface area contributed by atoms with Crippen molar-refractivity contribution in [3.8, 4) is 5.69 Å². The van der Waals surface area contributed by atoms with E-state index in [-0.39, 0.29) is 11.2 Å². The minimum Gasteiger partial charge on any atom is -0.294 e. The second-order valence-electron chi connectivity index (χ2n) is 6.44. The summed E-state index contributed by atoms with van der Waals surface area (Å²) >= 11 is 0. The van der Waals surface area contributed by atoms with Crippen LogP contribution in [0, 0.1) is 0 Å². The van der Waals surface area contributed by atoms with Gasteiger partial charge in [0.05, 0.1) is 22.6 Å². The van der Waals surface area contributed by atoms with E-state index in [1.807, 2.05) is 35.0 Å². The van der Waals surface area contributed by atoms with Gasteiger partial charge in [-0.2, -0.15) is 5.10 Å². The highest BCUT2D eigenvalue weighted by molar-refractivity contribution is 5.99. The van der Waals surface area contributed by atoms with Crippen molar-refractivity contribution in [3.05, 3.63) is 47.3 Å². The van der Waals surface area contributed by atoms with Gasteiger partial charge in [-0.15, -0.1) is 0 Å². The highest BCUT2D eigenvalue weighted by Gasteiger charge is 2.32. The van der Waals surface area contributed by atoms with Gasteiger partial charge in [-0.25, -0.2) is 4.68 Å². The van der Waals surface area contributed by atoms with Crippen LogP contribution in [0.1, 0.15) is 55.4 Å². The van der Waals surface area contributed by atoms with Crippen LogP contribution in [0.15, 0.2) is 30.3 Å². The Morgan fingerprint density at radius 3 is 2.45 bits per heavy atom. The maximum atomic E-state index is 12.3. The van der Waals surface area contributed by atoms with E-state index in [1.165, 1.54) is 0 Å². The number of carbonyl (C=O) groups is 1. The van der Waals surface area contributed by atoms with Crippen LogP contribution < -0.4 is 0 Å². The number of para-hydroxylation sites is 1. The fourth-order valence-electron chi connectivity index (χ4n) is 2.83. The standard InChI is InChI=1S/C17H20N2O/c1-17(2,3)16-15-13(10-7-11-14(15)20)19(18-16)12-8-5-4-6-9-12/h4-6,8-9H,7,10-11H2,1-3H3. The molecule has 0 unspecified atom stereocenters. The van der Waals surface area contributed by atoms with Crippen molar-refractivity contribution in [1.29, 1.82) is 0 Å². The van der Waals surface area contributed by atoms with Gasteiger partial charge in [0.15, 0.2) is 5.78 Å². The maximum absolute atomic E-state index is 12.3. The van der Waals surface area contributed by atoms with E-state index in [1.54, 1.807) is 0 Å². The first-order valence-electron chi connectivity index (χ1n) is 7.19.